The molecule has 0 bridgehead atoms. The van der Waals surface area contributed by atoms with Crippen molar-refractivity contribution >= 4 is 10.0 Å². The molecule has 0 amide bonds. The quantitative estimate of drug-likeness (QED) is 0.656. The van der Waals surface area contributed by atoms with Crippen molar-refractivity contribution in [2.75, 3.05) is 13.1 Å². The van der Waals surface area contributed by atoms with Crippen LogP contribution in [-0.4, -0.2) is 35.4 Å². The highest BCUT2D eigenvalue weighted by atomic mass is 32.2. The van der Waals surface area contributed by atoms with Crippen molar-refractivity contribution in [3.05, 3.63) is 72.8 Å². The topological polar surface area (TPSA) is 55.2 Å². The van der Waals surface area contributed by atoms with Crippen molar-refractivity contribution in [2.24, 2.45) is 5.92 Å². The highest BCUT2D eigenvalue weighted by Crippen LogP contribution is 2.26. The molecule has 2 heterocycles. The Labute approximate surface area is 164 Å². The van der Waals surface area contributed by atoms with Crippen molar-refractivity contribution in [1.82, 2.24) is 13.9 Å². The minimum Gasteiger partial charge on any atom is -0.331 e. The maximum Gasteiger partial charge on any atom is 0.243 e. The maximum atomic E-state index is 13.1. The fraction of sp³-hybridized carbons (Fsp3) is 0.286. The van der Waals surface area contributed by atoms with Crippen molar-refractivity contribution in [1.29, 1.82) is 0 Å². The zero-order chi connectivity index (χ0) is 19.6. The molecular weight excluding hydrogens is 377 g/mol. The van der Waals surface area contributed by atoms with Gasteiger partial charge in [-0.1, -0.05) is 30.3 Å². The summed E-state index contributed by atoms with van der Waals surface area (Å²) in [5.41, 5.74) is 1.07. The summed E-state index contributed by atoms with van der Waals surface area (Å²) >= 11 is 0. The molecule has 1 aliphatic rings. The van der Waals surface area contributed by atoms with Crippen LogP contribution in [0.5, 0.6) is 0 Å². The lowest BCUT2D eigenvalue weighted by Gasteiger charge is -2.31. The van der Waals surface area contributed by atoms with Gasteiger partial charge in [0.25, 0.3) is 0 Å². The number of sulfonamides is 1. The molecular formula is C21H22FN3O2S. The Morgan fingerprint density at radius 2 is 1.68 bits per heavy atom. The van der Waals surface area contributed by atoms with Crippen molar-refractivity contribution in [3.8, 4) is 11.4 Å². The van der Waals surface area contributed by atoms with Crippen LogP contribution < -0.4 is 0 Å². The van der Waals surface area contributed by atoms with Crippen LogP contribution in [0.15, 0.2) is 71.9 Å². The largest absolute Gasteiger partial charge is 0.331 e. The number of hydrogen-bond acceptors (Lipinski definition) is 3. The lowest BCUT2D eigenvalue weighted by Crippen LogP contribution is -2.39. The molecule has 1 aromatic heterocycles. The van der Waals surface area contributed by atoms with Gasteiger partial charge in [-0.25, -0.2) is 17.8 Å². The molecule has 28 heavy (non-hydrogen) atoms. The minimum absolute atomic E-state index is 0.147. The van der Waals surface area contributed by atoms with Crippen LogP contribution in [0.1, 0.15) is 12.8 Å². The van der Waals surface area contributed by atoms with Gasteiger partial charge in [-0.2, -0.15) is 4.31 Å². The van der Waals surface area contributed by atoms with E-state index in [9.17, 15) is 12.8 Å². The van der Waals surface area contributed by atoms with E-state index in [0.29, 0.717) is 19.0 Å². The first-order chi connectivity index (χ1) is 13.5. The summed E-state index contributed by atoms with van der Waals surface area (Å²) < 4.78 is 42.2. The third kappa shape index (κ3) is 3.86. The Kier molecular flexibility index (Phi) is 5.28. The first-order valence-electron chi connectivity index (χ1n) is 9.36. The van der Waals surface area contributed by atoms with E-state index in [1.807, 2.05) is 36.5 Å². The molecule has 7 heteroatoms. The van der Waals surface area contributed by atoms with E-state index in [0.717, 1.165) is 30.8 Å². The van der Waals surface area contributed by atoms with E-state index in [1.54, 1.807) is 6.20 Å². The van der Waals surface area contributed by atoms with Gasteiger partial charge in [0.15, 0.2) is 0 Å². The SMILES string of the molecule is O=S(=O)(c1ccc(F)cc1)N1CCC(Cn2ccnc2-c2ccccc2)CC1. The highest BCUT2D eigenvalue weighted by Gasteiger charge is 2.29. The predicted molar refractivity (Wildman–Crippen MR) is 106 cm³/mol. The summed E-state index contributed by atoms with van der Waals surface area (Å²) in [6.45, 7) is 1.76. The summed E-state index contributed by atoms with van der Waals surface area (Å²) in [5, 5.41) is 0. The second-order valence-electron chi connectivity index (χ2n) is 7.07. The number of piperidine rings is 1. The molecule has 1 aliphatic heterocycles. The van der Waals surface area contributed by atoms with Crippen LogP contribution in [-0.2, 0) is 16.6 Å². The van der Waals surface area contributed by atoms with E-state index in [-0.39, 0.29) is 4.90 Å². The van der Waals surface area contributed by atoms with Gasteiger partial charge in [0.1, 0.15) is 11.6 Å². The normalized spacial score (nSPS) is 16.3. The van der Waals surface area contributed by atoms with Gasteiger partial charge < -0.3 is 4.57 Å². The second kappa shape index (κ2) is 7.85. The molecule has 2 aromatic carbocycles. The molecule has 0 atom stereocenters. The van der Waals surface area contributed by atoms with Crippen molar-refractivity contribution < 1.29 is 12.8 Å². The third-order valence-electron chi connectivity index (χ3n) is 5.23. The Balaban J connectivity index is 1.42. The van der Waals surface area contributed by atoms with E-state index in [1.165, 1.54) is 28.6 Å². The summed E-state index contributed by atoms with van der Waals surface area (Å²) in [4.78, 5) is 4.63. The minimum atomic E-state index is -3.57. The Hall–Kier alpha value is -2.51. The standard InChI is InChI=1S/C21H22FN3O2S/c22-19-6-8-20(9-7-19)28(26,27)25-13-10-17(11-14-25)16-24-15-12-23-21(24)18-4-2-1-3-5-18/h1-9,12,15,17H,10-11,13-14,16H2. The molecule has 5 nitrogen and oxygen atoms in total. The third-order valence-corrected chi connectivity index (χ3v) is 7.14. The van der Waals surface area contributed by atoms with E-state index in [2.05, 4.69) is 9.55 Å². The number of benzene rings is 2. The van der Waals surface area contributed by atoms with Gasteiger partial charge in [0, 0.05) is 37.6 Å². The lowest BCUT2D eigenvalue weighted by molar-refractivity contribution is 0.253. The van der Waals surface area contributed by atoms with Gasteiger partial charge in [-0.3, -0.25) is 0 Å². The molecule has 0 aliphatic carbocycles. The molecule has 0 unspecified atom stereocenters. The molecule has 4 rings (SSSR count). The average molecular weight is 399 g/mol. The highest BCUT2D eigenvalue weighted by molar-refractivity contribution is 7.89. The summed E-state index contributed by atoms with van der Waals surface area (Å²) in [6, 6.07) is 15.1. The number of rotatable bonds is 5. The summed E-state index contributed by atoms with van der Waals surface area (Å²) in [6.07, 6.45) is 5.35. The molecule has 1 fully saturated rings. The average Bonchev–Trinajstić information content (AvgIpc) is 3.17. The van der Waals surface area contributed by atoms with E-state index < -0.39 is 15.8 Å². The molecule has 146 valence electrons. The molecule has 0 spiro atoms. The van der Waals surface area contributed by atoms with Crippen LogP contribution in [0.3, 0.4) is 0 Å². The van der Waals surface area contributed by atoms with Gasteiger partial charge in [-0.15, -0.1) is 0 Å². The van der Waals surface area contributed by atoms with Gasteiger partial charge in [-0.05, 0) is 43.0 Å². The fourth-order valence-corrected chi connectivity index (χ4v) is 5.14. The lowest BCUT2D eigenvalue weighted by atomic mass is 9.98. The Bertz CT molecular complexity index is 1030. The van der Waals surface area contributed by atoms with Crippen molar-refractivity contribution in [3.63, 3.8) is 0 Å². The van der Waals surface area contributed by atoms with Crippen LogP contribution in [0.25, 0.3) is 11.4 Å². The molecule has 1 saturated heterocycles. The smallest absolute Gasteiger partial charge is 0.243 e. The van der Waals surface area contributed by atoms with E-state index in [4.69, 9.17) is 0 Å². The molecule has 0 saturated carbocycles. The zero-order valence-electron chi connectivity index (χ0n) is 15.4. The predicted octanol–water partition coefficient (Wildman–Crippen LogP) is 3.79. The number of imidazole rings is 1. The van der Waals surface area contributed by atoms with Crippen LogP contribution in [0, 0.1) is 11.7 Å². The van der Waals surface area contributed by atoms with Gasteiger partial charge >= 0.3 is 0 Å². The van der Waals surface area contributed by atoms with Gasteiger partial charge in [0.05, 0.1) is 4.90 Å². The monoisotopic (exact) mass is 399 g/mol. The second-order valence-corrected chi connectivity index (χ2v) is 9.01. The number of hydrogen-bond donors (Lipinski definition) is 0. The molecule has 3 aromatic rings. The van der Waals surface area contributed by atoms with Crippen LogP contribution in [0.2, 0.25) is 0 Å². The van der Waals surface area contributed by atoms with Gasteiger partial charge in [0.2, 0.25) is 10.0 Å². The fourth-order valence-electron chi connectivity index (χ4n) is 3.67. The Morgan fingerprint density at radius 1 is 1.00 bits per heavy atom. The number of aromatic nitrogens is 2. The first kappa shape index (κ1) is 18.8. The summed E-state index contributed by atoms with van der Waals surface area (Å²) in [5.74, 6) is 0.880. The molecule has 0 radical (unpaired) electrons. The Morgan fingerprint density at radius 3 is 2.36 bits per heavy atom. The zero-order valence-corrected chi connectivity index (χ0v) is 16.2. The van der Waals surface area contributed by atoms with E-state index >= 15 is 0 Å². The maximum absolute atomic E-state index is 13.1. The molecule has 0 N–H and O–H groups in total. The van der Waals surface area contributed by atoms with Crippen LogP contribution in [0.4, 0.5) is 4.39 Å². The summed E-state index contributed by atoms with van der Waals surface area (Å²) in [7, 11) is -3.57. The van der Waals surface area contributed by atoms with Crippen molar-refractivity contribution in [2.45, 2.75) is 24.3 Å². The van der Waals surface area contributed by atoms with Crippen LogP contribution >= 0.6 is 0 Å². The number of halogens is 1. The first-order valence-corrected chi connectivity index (χ1v) is 10.8. The number of nitrogens with zero attached hydrogens (tertiary/aromatic N) is 3.